The molecule has 7 heteroatoms. The van der Waals surface area contributed by atoms with Gasteiger partial charge in [0.25, 0.3) is 0 Å². The van der Waals surface area contributed by atoms with E-state index in [-0.39, 0.29) is 10.8 Å². The third-order valence-electron chi connectivity index (χ3n) is 2.46. The smallest absolute Gasteiger partial charge is 0.250 e. The van der Waals surface area contributed by atoms with Crippen LogP contribution in [0.5, 0.6) is 0 Å². The van der Waals surface area contributed by atoms with Crippen molar-refractivity contribution < 1.29 is 18.3 Å². The number of hydrogen-bond donors (Lipinski definition) is 2. The first kappa shape index (κ1) is 15.6. The minimum absolute atomic E-state index is 0.241. The second kappa shape index (κ2) is 7.20. The van der Waals surface area contributed by atoms with Gasteiger partial charge in [0, 0.05) is 24.6 Å². The SMILES string of the molecule is CCc1ccc(S(=O)(=O)NC(CO)CCOC)s1. The van der Waals surface area contributed by atoms with Crippen LogP contribution in [0.4, 0.5) is 0 Å². The summed E-state index contributed by atoms with van der Waals surface area (Å²) in [6.45, 7) is 2.14. The van der Waals surface area contributed by atoms with Crippen molar-refractivity contribution in [2.24, 2.45) is 0 Å². The summed E-state index contributed by atoms with van der Waals surface area (Å²) in [6.07, 6.45) is 1.26. The minimum Gasteiger partial charge on any atom is -0.395 e. The Kier molecular flexibility index (Phi) is 6.24. The zero-order valence-corrected chi connectivity index (χ0v) is 12.2. The highest BCUT2D eigenvalue weighted by Crippen LogP contribution is 2.22. The Morgan fingerprint density at radius 3 is 2.72 bits per heavy atom. The normalized spacial score (nSPS) is 13.7. The molecular weight excluding hydrogens is 274 g/mol. The quantitative estimate of drug-likeness (QED) is 0.749. The highest BCUT2D eigenvalue weighted by Gasteiger charge is 2.21. The summed E-state index contributed by atoms with van der Waals surface area (Å²) in [5, 5.41) is 9.14. The fraction of sp³-hybridized carbons (Fsp3) is 0.636. The van der Waals surface area contributed by atoms with Crippen LogP contribution in [0.25, 0.3) is 0 Å². The molecule has 0 aliphatic rings. The number of rotatable bonds is 8. The molecule has 1 heterocycles. The summed E-state index contributed by atoms with van der Waals surface area (Å²) in [7, 11) is -2.00. The van der Waals surface area contributed by atoms with Crippen molar-refractivity contribution in [3.63, 3.8) is 0 Å². The van der Waals surface area contributed by atoms with E-state index in [4.69, 9.17) is 9.84 Å². The van der Waals surface area contributed by atoms with E-state index in [1.54, 1.807) is 6.07 Å². The number of aliphatic hydroxyl groups is 1. The van der Waals surface area contributed by atoms with E-state index in [2.05, 4.69) is 4.72 Å². The molecule has 104 valence electrons. The van der Waals surface area contributed by atoms with Crippen LogP contribution in [-0.4, -0.2) is 39.9 Å². The number of aliphatic hydroxyl groups excluding tert-OH is 1. The van der Waals surface area contributed by atoms with Crippen molar-refractivity contribution in [1.82, 2.24) is 4.72 Å². The standard InChI is InChI=1S/C11H19NO4S2/c1-3-10-4-5-11(17-10)18(14,15)12-9(8-13)6-7-16-2/h4-5,9,12-13H,3,6-8H2,1-2H3. The van der Waals surface area contributed by atoms with E-state index in [1.165, 1.54) is 18.4 Å². The van der Waals surface area contributed by atoms with Gasteiger partial charge in [-0.15, -0.1) is 11.3 Å². The Hall–Kier alpha value is -0.470. The van der Waals surface area contributed by atoms with Gasteiger partial charge in [-0.3, -0.25) is 0 Å². The number of ether oxygens (including phenoxy) is 1. The molecule has 0 aliphatic carbocycles. The molecule has 1 atom stereocenters. The fourth-order valence-corrected chi connectivity index (χ4v) is 3.99. The molecule has 1 rings (SSSR count). The van der Waals surface area contributed by atoms with Gasteiger partial charge in [-0.05, 0) is 25.0 Å². The van der Waals surface area contributed by atoms with Crippen LogP contribution in [0.1, 0.15) is 18.2 Å². The van der Waals surface area contributed by atoms with Gasteiger partial charge in [0.05, 0.1) is 6.61 Å². The average Bonchev–Trinajstić information content (AvgIpc) is 2.83. The van der Waals surface area contributed by atoms with E-state index in [9.17, 15) is 8.42 Å². The molecular formula is C11H19NO4S2. The third-order valence-corrected chi connectivity index (χ3v) is 5.70. The van der Waals surface area contributed by atoms with E-state index >= 15 is 0 Å². The molecule has 0 radical (unpaired) electrons. The Labute approximate surface area is 112 Å². The third kappa shape index (κ3) is 4.33. The topological polar surface area (TPSA) is 75.6 Å². The van der Waals surface area contributed by atoms with E-state index in [0.29, 0.717) is 13.0 Å². The van der Waals surface area contributed by atoms with Crippen LogP contribution in [-0.2, 0) is 21.2 Å². The molecule has 1 aromatic heterocycles. The Balaban J connectivity index is 2.73. The lowest BCUT2D eigenvalue weighted by Crippen LogP contribution is -2.37. The van der Waals surface area contributed by atoms with Crippen LogP contribution >= 0.6 is 11.3 Å². The van der Waals surface area contributed by atoms with Gasteiger partial charge in [0.1, 0.15) is 4.21 Å². The molecule has 2 N–H and O–H groups in total. The van der Waals surface area contributed by atoms with E-state index < -0.39 is 16.1 Å². The van der Waals surface area contributed by atoms with Crippen molar-refractivity contribution in [3.05, 3.63) is 17.0 Å². The Bertz CT molecular complexity index is 455. The lowest BCUT2D eigenvalue weighted by molar-refractivity contribution is 0.166. The van der Waals surface area contributed by atoms with E-state index in [1.807, 2.05) is 13.0 Å². The van der Waals surface area contributed by atoms with Crippen LogP contribution in [0.2, 0.25) is 0 Å². The second-order valence-corrected chi connectivity index (χ2v) is 6.97. The zero-order valence-electron chi connectivity index (χ0n) is 10.5. The summed E-state index contributed by atoms with van der Waals surface area (Å²) in [5.74, 6) is 0. The summed E-state index contributed by atoms with van der Waals surface area (Å²) >= 11 is 1.25. The summed E-state index contributed by atoms with van der Waals surface area (Å²) in [6, 6.07) is 2.89. The minimum atomic E-state index is -3.54. The van der Waals surface area contributed by atoms with Gasteiger partial charge in [0.15, 0.2) is 0 Å². The van der Waals surface area contributed by atoms with Gasteiger partial charge >= 0.3 is 0 Å². The van der Waals surface area contributed by atoms with Gasteiger partial charge in [-0.1, -0.05) is 6.92 Å². The zero-order chi connectivity index (χ0) is 13.6. The molecule has 0 amide bonds. The number of hydrogen-bond acceptors (Lipinski definition) is 5. The number of methoxy groups -OCH3 is 1. The number of aryl methyl sites for hydroxylation is 1. The molecule has 18 heavy (non-hydrogen) atoms. The van der Waals surface area contributed by atoms with Crippen molar-refractivity contribution in [1.29, 1.82) is 0 Å². The Morgan fingerprint density at radius 1 is 1.50 bits per heavy atom. The lowest BCUT2D eigenvalue weighted by atomic mass is 10.2. The first-order valence-electron chi connectivity index (χ1n) is 5.74. The summed E-state index contributed by atoms with van der Waals surface area (Å²) in [5.41, 5.74) is 0. The fourth-order valence-electron chi connectivity index (χ4n) is 1.42. The van der Waals surface area contributed by atoms with Gasteiger partial charge < -0.3 is 9.84 Å². The van der Waals surface area contributed by atoms with Crippen LogP contribution in [0.3, 0.4) is 0 Å². The first-order chi connectivity index (χ1) is 8.53. The first-order valence-corrected chi connectivity index (χ1v) is 8.04. The van der Waals surface area contributed by atoms with Crippen molar-refractivity contribution >= 4 is 21.4 Å². The van der Waals surface area contributed by atoms with Crippen molar-refractivity contribution in [3.8, 4) is 0 Å². The molecule has 0 fully saturated rings. The molecule has 0 spiro atoms. The van der Waals surface area contributed by atoms with Crippen LogP contribution < -0.4 is 4.72 Å². The maximum atomic E-state index is 12.0. The predicted molar refractivity (Wildman–Crippen MR) is 71.4 cm³/mol. The molecule has 0 saturated heterocycles. The molecule has 1 aromatic rings. The van der Waals surface area contributed by atoms with Crippen molar-refractivity contribution in [2.75, 3.05) is 20.3 Å². The largest absolute Gasteiger partial charge is 0.395 e. The molecule has 0 aromatic carbocycles. The van der Waals surface area contributed by atoms with Crippen LogP contribution in [0, 0.1) is 0 Å². The van der Waals surface area contributed by atoms with Gasteiger partial charge in [-0.2, -0.15) is 0 Å². The average molecular weight is 293 g/mol. The Morgan fingerprint density at radius 2 is 2.22 bits per heavy atom. The van der Waals surface area contributed by atoms with Crippen molar-refractivity contribution in [2.45, 2.75) is 30.0 Å². The maximum Gasteiger partial charge on any atom is 0.250 e. The van der Waals surface area contributed by atoms with Gasteiger partial charge in [-0.25, -0.2) is 13.1 Å². The molecule has 0 bridgehead atoms. The molecule has 0 aliphatic heterocycles. The maximum absolute atomic E-state index is 12.0. The molecule has 1 unspecified atom stereocenters. The highest BCUT2D eigenvalue weighted by molar-refractivity contribution is 7.91. The van der Waals surface area contributed by atoms with E-state index in [0.717, 1.165) is 11.3 Å². The lowest BCUT2D eigenvalue weighted by Gasteiger charge is -2.15. The van der Waals surface area contributed by atoms with Gasteiger partial charge in [0.2, 0.25) is 10.0 Å². The summed E-state index contributed by atoms with van der Waals surface area (Å²) in [4.78, 5) is 1.02. The summed E-state index contributed by atoms with van der Waals surface area (Å²) < 4.78 is 31.7. The van der Waals surface area contributed by atoms with Crippen LogP contribution in [0.15, 0.2) is 16.3 Å². The number of sulfonamides is 1. The predicted octanol–water partition coefficient (Wildman–Crippen LogP) is 0.986. The number of thiophene rings is 1. The monoisotopic (exact) mass is 293 g/mol. The number of nitrogens with one attached hydrogen (secondary N) is 1. The molecule has 5 nitrogen and oxygen atoms in total. The highest BCUT2D eigenvalue weighted by atomic mass is 32.2. The second-order valence-electron chi connectivity index (χ2n) is 3.86. The molecule has 0 saturated carbocycles.